The second-order valence-electron chi connectivity index (χ2n) is 7.06. The molecule has 2 aliphatic rings. The van der Waals surface area contributed by atoms with Gasteiger partial charge in [0.25, 0.3) is 0 Å². The number of hydrogen-bond acceptors (Lipinski definition) is 6. The topological polar surface area (TPSA) is 67.7 Å². The van der Waals surface area contributed by atoms with E-state index in [2.05, 4.69) is 20.9 Å². The minimum Gasteiger partial charge on any atom is -0.493 e. The highest BCUT2D eigenvalue weighted by molar-refractivity contribution is 6.30. The summed E-state index contributed by atoms with van der Waals surface area (Å²) < 4.78 is 11.9. The Labute approximate surface area is 164 Å². The van der Waals surface area contributed by atoms with Crippen LogP contribution >= 0.6 is 11.6 Å². The quantitative estimate of drug-likeness (QED) is 0.809. The summed E-state index contributed by atoms with van der Waals surface area (Å²) in [7, 11) is 0. The van der Waals surface area contributed by atoms with Crippen LogP contribution in [0.25, 0.3) is 0 Å². The third-order valence-electron chi connectivity index (χ3n) is 5.18. The zero-order valence-corrected chi connectivity index (χ0v) is 16.2. The molecule has 0 amide bonds. The molecule has 2 aromatic rings. The molecular weight excluding hydrogens is 366 g/mol. The van der Waals surface area contributed by atoms with Crippen molar-refractivity contribution in [3.05, 3.63) is 40.3 Å². The molecule has 1 fully saturated rings. The maximum atomic E-state index is 9.33. The molecule has 144 valence electrons. The van der Waals surface area contributed by atoms with E-state index < -0.39 is 0 Å². The van der Waals surface area contributed by atoms with Crippen molar-refractivity contribution in [3.8, 4) is 11.5 Å². The number of aromatic nitrogens is 2. The molecular formula is C20H24ClN3O3. The molecule has 3 heterocycles. The summed E-state index contributed by atoms with van der Waals surface area (Å²) in [6, 6.07) is 6.17. The van der Waals surface area contributed by atoms with Crippen molar-refractivity contribution < 1.29 is 14.6 Å². The maximum absolute atomic E-state index is 9.33. The zero-order valence-electron chi connectivity index (χ0n) is 15.4. The van der Waals surface area contributed by atoms with Crippen LogP contribution in [0.5, 0.6) is 11.5 Å². The van der Waals surface area contributed by atoms with E-state index in [4.69, 9.17) is 21.1 Å². The van der Waals surface area contributed by atoms with Gasteiger partial charge in [0.15, 0.2) is 5.82 Å². The number of hydrogen-bond donors (Lipinski definition) is 1. The Morgan fingerprint density at radius 2 is 2.11 bits per heavy atom. The van der Waals surface area contributed by atoms with Gasteiger partial charge >= 0.3 is 0 Å². The van der Waals surface area contributed by atoms with Gasteiger partial charge in [-0.05, 0) is 31.4 Å². The highest BCUT2D eigenvalue weighted by atomic mass is 35.5. The first-order valence-electron chi connectivity index (χ1n) is 9.45. The van der Waals surface area contributed by atoms with Crippen molar-refractivity contribution in [3.63, 3.8) is 0 Å². The Kier molecular flexibility index (Phi) is 5.36. The first kappa shape index (κ1) is 18.3. The fourth-order valence-electron chi connectivity index (χ4n) is 3.67. The Bertz CT molecular complexity index is 822. The van der Waals surface area contributed by atoms with Crippen molar-refractivity contribution in [2.24, 2.45) is 0 Å². The Morgan fingerprint density at radius 1 is 1.30 bits per heavy atom. The fourth-order valence-corrected chi connectivity index (χ4v) is 3.85. The third-order valence-corrected chi connectivity index (χ3v) is 5.55. The highest BCUT2D eigenvalue weighted by Gasteiger charge is 2.24. The van der Waals surface area contributed by atoms with Crippen LogP contribution in [-0.2, 0) is 13.0 Å². The number of anilines is 1. The SMILES string of the molecule is Cc1c(Cl)nc(CO)nc1N1CCC(Oc2ccc3c(c2)OCCC3)CC1. The van der Waals surface area contributed by atoms with Crippen LogP contribution in [0.15, 0.2) is 18.2 Å². The lowest BCUT2D eigenvalue weighted by molar-refractivity contribution is 0.169. The van der Waals surface area contributed by atoms with Crippen molar-refractivity contribution in [2.75, 3.05) is 24.6 Å². The number of benzene rings is 1. The van der Waals surface area contributed by atoms with Crippen LogP contribution in [0.1, 0.15) is 36.2 Å². The van der Waals surface area contributed by atoms with Crippen LogP contribution < -0.4 is 14.4 Å². The number of aliphatic hydroxyl groups is 1. The number of aliphatic hydroxyl groups excluding tert-OH is 1. The fraction of sp³-hybridized carbons (Fsp3) is 0.500. The van der Waals surface area contributed by atoms with E-state index in [0.717, 1.165) is 68.3 Å². The Hall–Kier alpha value is -2.05. The van der Waals surface area contributed by atoms with Gasteiger partial charge in [0.2, 0.25) is 0 Å². The molecule has 0 saturated carbocycles. The average Bonchev–Trinajstić information content (AvgIpc) is 2.70. The summed E-state index contributed by atoms with van der Waals surface area (Å²) >= 11 is 6.19. The summed E-state index contributed by atoms with van der Waals surface area (Å²) in [4.78, 5) is 10.7. The van der Waals surface area contributed by atoms with Gasteiger partial charge in [0.05, 0.1) is 6.61 Å². The monoisotopic (exact) mass is 389 g/mol. The Balaban J connectivity index is 1.40. The van der Waals surface area contributed by atoms with Crippen LogP contribution in [0, 0.1) is 6.92 Å². The van der Waals surface area contributed by atoms with Crippen molar-refractivity contribution in [1.29, 1.82) is 0 Å². The molecule has 6 nitrogen and oxygen atoms in total. The predicted octanol–water partition coefficient (Wildman–Crippen LogP) is 3.30. The van der Waals surface area contributed by atoms with Crippen LogP contribution in [0.3, 0.4) is 0 Å². The normalized spacial score (nSPS) is 17.4. The van der Waals surface area contributed by atoms with Gasteiger partial charge in [-0.3, -0.25) is 0 Å². The number of ether oxygens (including phenoxy) is 2. The number of rotatable bonds is 4. The van der Waals surface area contributed by atoms with Gasteiger partial charge in [0.1, 0.15) is 35.2 Å². The lowest BCUT2D eigenvalue weighted by atomic mass is 10.1. The minimum atomic E-state index is -0.215. The standard InChI is InChI=1S/C20H24ClN3O3/c1-13-19(21)22-18(12-25)23-20(13)24-8-6-15(7-9-24)27-16-5-4-14-3-2-10-26-17(14)11-16/h4-5,11,15,25H,2-3,6-10,12H2,1H3. The van der Waals surface area contributed by atoms with E-state index >= 15 is 0 Å². The summed E-state index contributed by atoms with van der Waals surface area (Å²) in [5, 5.41) is 9.73. The molecule has 0 bridgehead atoms. The van der Waals surface area contributed by atoms with Gasteiger partial charge in [-0.1, -0.05) is 17.7 Å². The van der Waals surface area contributed by atoms with Gasteiger partial charge in [-0.25, -0.2) is 9.97 Å². The molecule has 0 radical (unpaired) electrons. The third kappa shape index (κ3) is 3.96. The summed E-state index contributed by atoms with van der Waals surface area (Å²) in [6.45, 7) is 4.13. The number of aryl methyl sites for hydroxylation is 1. The molecule has 0 unspecified atom stereocenters. The molecule has 4 rings (SSSR count). The maximum Gasteiger partial charge on any atom is 0.157 e. The second-order valence-corrected chi connectivity index (χ2v) is 7.42. The van der Waals surface area contributed by atoms with Crippen molar-refractivity contribution in [1.82, 2.24) is 9.97 Å². The molecule has 1 aromatic heterocycles. The second kappa shape index (κ2) is 7.90. The molecule has 0 spiro atoms. The summed E-state index contributed by atoms with van der Waals surface area (Å²) in [5.41, 5.74) is 2.11. The zero-order chi connectivity index (χ0) is 18.8. The van der Waals surface area contributed by atoms with Gasteiger partial charge in [-0.15, -0.1) is 0 Å². The molecule has 0 aliphatic carbocycles. The average molecular weight is 390 g/mol. The molecule has 1 N–H and O–H groups in total. The van der Waals surface area contributed by atoms with E-state index in [-0.39, 0.29) is 12.7 Å². The van der Waals surface area contributed by atoms with E-state index in [1.807, 2.05) is 19.1 Å². The minimum absolute atomic E-state index is 0.165. The first-order valence-corrected chi connectivity index (χ1v) is 9.83. The summed E-state index contributed by atoms with van der Waals surface area (Å²) in [6.07, 6.45) is 4.11. The van der Waals surface area contributed by atoms with Gasteiger partial charge in [0, 0.05) is 37.6 Å². The number of fused-ring (bicyclic) bond motifs is 1. The molecule has 1 aromatic carbocycles. The van der Waals surface area contributed by atoms with Crippen LogP contribution in [-0.4, -0.2) is 40.9 Å². The first-order chi connectivity index (χ1) is 13.1. The van der Waals surface area contributed by atoms with E-state index in [9.17, 15) is 5.11 Å². The lowest BCUT2D eigenvalue weighted by Gasteiger charge is -2.34. The van der Waals surface area contributed by atoms with Gasteiger partial charge in [-0.2, -0.15) is 0 Å². The van der Waals surface area contributed by atoms with Crippen LogP contribution in [0.2, 0.25) is 5.15 Å². The molecule has 7 heteroatoms. The molecule has 27 heavy (non-hydrogen) atoms. The molecule has 2 aliphatic heterocycles. The van der Waals surface area contributed by atoms with E-state index in [1.54, 1.807) is 0 Å². The van der Waals surface area contributed by atoms with Crippen molar-refractivity contribution in [2.45, 2.75) is 45.3 Å². The number of nitrogens with zero attached hydrogens (tertiary/aromatic N) is 3. The largest absolute Gasteiger partial charge is 0.493 e. The smallest absolute Gasteiger partial charge is 0.157 e. The highest BCUT2D eigenvalue weighted by Crippen LogP contribution is 2.31. The molecule has 0 atom stereocenters. The van der Waals surface area contributed by atoms with Crippen LogP contribution in [0.4, 0.5) is 5.82 Å². The Morgan fingerprint density at radius 3 is 2.89 bits per heavy atom. The predicted molar refractivity (Wildman–Crippen MR) is 104 cm³/mol. The number of piperidine rings is 1. The van der Waals surface area contributed by atoms with E-state index in [1.165, 1.54) is 5.56 Å². The lowest BCUT2D eigenvalue weighted by Crippen LogP contribution is -2.39. The van der Waals surface area contributed by atoms with Gasteiger partial charge < -0.3 is 19.5 Å². The van der Waals surface area contributed by atoms with E-state index in [0.29, 0.717) is 11.0 Å². The molecule has 1 saturated heterocycles. The number of halogens is 1. The van der Waals surface area contributed by atoms with Crippen molar-refractivity contribution >= 4 is 17.4 Å². The summed E-state index contributed by atoms with van der Waals surface area (Å²) in [5.74, 6) is 2.99.